The number of rotatable bonds is 1. The van der Waals surface area contributed by atoms with Crippen molar-refractivity contribution in [2.45, 2.75) is 25.2 Å². The summed E-state index contributed by atoms with van der Waals surface area (Å²) in [5.74, 6) is 0.187. The van der Waals surface area contributed by atoms with Crippen LogP contribution in [0.1, 0.15) is 47.7 Å². The number of pyridine rings is 1. The fourth-order valence-electron chi connectivity index (χ4n) is 7.48. The Labute approximate surface area is 231 Å². The van der Waals surface area contributed by atoms with Gasteiger partial charge in [0.05, 0.1) is 5.69 Å². The molecule has 0 N–H and O–H groups in total. The summed E-state index contributed by atoms with van der Waals surface area (Å²) in [5.41, 5.74) is 12.0. The minimum absolute atomic E-state index is 0.155. The van der Waals surface area contributed by atoms with Gasteiger partial charge in [0, 0.05) is 43.1 Å². The first-order valence-corrected chi connectivity index (χ1v) is 14.5. The zero-order valence-electron chi connectivity index (χ0n) is 21.8. The van der Waals surface area contributed by atoms with Crippen LogP contribution in [0.4, 0.5) is 0 Å². The maximum atomic E-state index is 5.01. The van der Waals surface area contributed by atoms with E-state index in [0.29, 0.717) is 0 Å². The van der Waals surface area contributed by atoms with E-state index in [2.05, 4.69) is 117 Å². The first-order valence-electron chi connectivity index (χ1n) is 13.7. The summed E-state index contributed by atoms with van der Waals surface area (Å²) >= 11 is 1.93. The highest BCUT2D eigenvalue weighted by atomic mass is 32.1. The van der Waals surface area contributed by atoms with Gasteiger partial charge in [0.1, 0.15) is 0 Å². The Bertz CT molecular complexity index is 2160. The summed E-state index contributed by atoms with van der Waals surface area (Å²) < 4.78 is 2.75. The summed E-state index contributed by atoms with van der Waals surface area (Å²) in [7, 11) is 0. The van der Waals surface area contributed by atoms with E-state index in [9.17, 15) is 0 Å². The molecule has 2 heterocycles. The van der Waals surface area contributed by atoms with Crippen LogP contribution in [0.15, 0.2) is 109 Å². The van der Waals surface area contributed by atoms with Crippen LogP contribution in [-0.4, -0.2) is 4.98 Å². The molecule has 184 valence electrons. The van der Waals surface area contributed by atoms with Gasteiger partial charge in [-0.1, -0.05) is 98.8 Å². The molecular formula is C37H25NS. The Morgan fingerprint density at radius 1 is 0.641 bits per heavy atom. The molecule has 0 spiro atoms. The van der Waals surface area contributed by atoms with Gasteiger partial charge >= 0.3 is 0 Å². The number of benzene rings is 5. The van der Waals surface area contributed by atoms with Gasteiger partial charge in [0.15, 0.2) is 0 Å². The van der Waals surface area contributed by atoms with E-state index in [1.807, 2.05) is 17.5 Å². The normalized spacial score (nSPS) is 16.4. The lowest BCUT2D eigenvalue weighted by Gasteiger charge is -2.34. The monoisotopic (exact) mass is 515 g/mol. The van der Waals surface area contributed by atoms with E-state index >= 15 is 0 Å². The second kappa shape index (κ2) is 7.43. The van der Waals surface area contributed by atoms with Crippen molar-refractivity contribution in [2.24, 2.45) is 0 Å². The molecule has 0 aliphatic heterocycles. The smallest absolute Gasteiger partial charge is 0.0588 e. The molecule has 5 aromatic carbocycles. The van der Waals surface area contributed by atoms with Crippen molar-refractivity contribution in [3.63, 3.8) is 0 Å². The zero-order valence-corrected chi connectivity index (χ0v) is 22.6. The number of thiophene rings is 1. The number of fused-ring (bicyclic) bond motifs is 9. The van der Waals surface area contributed by atoms with Crippen LogP contribution in [0.25, 0.3) is 53.2 Å². The molecule has 0 saturated carbocycles. The molecule has 0 radical (unpaired) electrons. The molecule has 0 saturated heterocycles. The molecule has 0 bridgehead atoms. The molecule has 7 aromatic rings. The minimum Gasteiger partial charge on any atom is -0.260 e. The van der Waals surface area contributed by atoms with Gasteiger partial charge in [-0.15, -0.1) is 11.3 Å². The van der Waals surface area contributed by atoms with Crippen LogP contribution in [-0.2, 0) is 5.41 Å². The molecule has 1 unspecified atom stereocenters. The second-order valence-electron chi connectivity index (χ2n) is 11.5. The molecule has 2 aliphatic rings. The Morgan fingerprint density at radius 2 is 1.38 bits per heavy atom. The Hall–Kier alpha value is -4.27. The molecule has 39 heavy (non-hydrogen) atoms. The van der Waals surface area contributed by atoms with Crippen molar-refractivity contribution in [1.82, 2.24) is 4.98 Å². The highest BCUT2D eigenvalue weighted by Gasteiger charge is 2.39. The third-order valence-electron chi connectivity index (χ3n) is 9.16. The predicted molar refractivity (Wildman–Crippen MR) is 165 cm³/mol. The minimum atomic E-state index is -0.155. The van der Waals surface area contributed by atoms with E-state index in [4.69, 9.17) is 4.98 Å². The van der Waals surface area contributed by atoms with Crippen molar-refractivity contribution in [3.8, 4) is 22.3 Å². The lowest BCUT2D eigenvalue weighted by atomic mass is 9.70. The molecule has 1 atom stereocenters. The maximum absolute atomic E-state index is 5.01. The van der Waals surface area contributed by atoms with E-state index < -0.39 is 0 Å². The third-order valence-corrected chi connectivity index (χ3v) is 10.4. The first-order chi connectivity index (χ1) is 19.1. The average molecular weight is 516 g/mol. The summed E-state index contributed by atoms with van der Waals surface area (Å²) in [5, 5.41) is 5.36. The topological polar surface area (TPSA) is 12.9 Å². The highest BCUT2D eigenvalue weighted by Crippen LogP contribution is 2.57. The Morgan fingerprint density at radius 3 is 2.31 bits per heavy atom. The van der Waals surface area contributed by atoms with Gasteiger partial charge in [-0.2, -0.15) is 0 Å². The van der Waals surface area contributed by atoms with Crippen molar-refractivity contribution >= 4 is 42.3 Å². The largest absolute Gasteiger partial charge is 0.260 e. The average Bonchev–Trinajstić information content (AvgIpc) is 3.52. The zero-order chi connectivity index (χ0) is 25.9. The SMILES string of the molecule is CC1(C)c2ccccc2-c2cc3c(c4ccnc1c24)-c1ccccc1C3c1cccc2c1sc1ccccc12. The summed E-state index contributed by atoms with van der Waals surface area (Å²) in [6.45, 7) is 4.64. The van der Waals surface area contributed by atoms with Crippen molar-refractivity contribution in [3.05, 3.63) is 137 Å². The maximum Gasteiger partial charge on any atom is 0.0588 e. The van der Waals surface area contributed by atoms with Gasteiger partial charge in [0.25, 0.3) is 0 Å². The lowest BCUT2D eigenvalue weighted by molar-refractivity contribution is 0.622. The van der Waals surface area contributed by atoms with E-state index in [-0.39, 0.29) is 11.3 Å². The number of aromatic nitrogens is 1. The lowest BCUT2D eigenvalue weighted by Crippen LogP contribution is -2.25. The molecule has 9 rings (SSSR count). The van der Waals surface area contributed by atoms with Crippen LogP contribution < -0.4 is 0 Å². The van der Waals surface area contributed by atoms with Gasteiger partial charge in [-0.3, -0.25) is 4.98 Å². The van der Waals surface area contributed by atoms with Crippen molar-refractivity contribution in [1.29, 1.82) is 0 Å². The summed E-state index contributed by atoms with van der Waals surface area (Å²) in [6.07, 6.45) is 2.03. The molecule has 2 aromatic heterocycles. The molecular weight excluding hydrogens is 490 g/mol. The molecule has 1 nitrogen and oxygen atoms in total. The van der Waals surface area contributed by atoms with E-state index in [1.54, 1.807) is 0 Å². The predicted octanol–water partition coefficient (Wildman–Crippen LogP) is 10.1. The second-order valence-corrected chi connectivity index (χ2v) is 12.5. The van der Waals surface area contributed by atoms with Crippen LogP contribution >= 0.6 is 11.3 Å². The third kappa shape index (κ3) is 2.67. The van der Waals surface area contributed by atoms with Crippen LogP contribution in [0, 0.1) is 0 Å². The Balaban J connectivity index is 1.44. The summed E-state index contributed by atoms with van der Waals surface area (Å²) in [6, 6.07) is 38.5. The van der Waals surface area contributed by atoms with E-state index in [1.165, 1.54) is 81.1 Å². The van der Waals surface area contributed by atoms with Gasteiger partial charge < -0.3 is 0 Å². The first kappa shape index (κ1) is 21.6. The van der Waals surface area contributed by atoms with E-state index in [0.717, 1.165) is 0 Å². The van der Waals surface area contributed by atoms with Gasteiger partial charge in [-0.25, -0.2) is 0 Å². The standard InChI is InChI=1S/C37H25NS/c1-37(2)30-16-7-5-10-21(30)28-20-29-32(26-18-19-38-36(37)34(26)28)23-12-3-4-13-24(23)33(29)27-15-9-14-25-22-11-6-8-17-31(22)39-35(25)27/h3-20,33H,1-2H3. The number of hydrogen-bond acceptors (Lipinski definition) is 2. The van der Waals surface area contributed by atoms with Crippen LogP contribution in [0.2, 0.25) is 0 Å². The molecule has 0 fully saturated rings. The quantitative estimate of drug-likeness (QED) is 0.212. The van der Waals surface area contributed by atoms with Crippen LogP contribution in [0.5, 0.6) is 0 Å². The van der Waals surface area contributed by atoms with Crippen molar-refractivity contribution in [2.75, 3.05) is 0 Å². The van der Waals surface area contributed by atoms with Crippen LogP contribution in [0.3, 0.4) is 0 Å². The van der Waals surface area contributed by atoms with Gasteiger partial charge in [0.2, 0.25) is 0 Å². The number of nitrogens with zero attached hydrogens (tertiary/aromatic N) is 1. The number of hydrogen-bond donors (Lipinski definition) is 0. The summed E-state index contributed by atoms with van der Waals surface area (Å²) in [4.78, 5) is 5.01. The Kier molecular flexibility index (Phi) is 4.12. The molecule has 2 heteroatoms. The highest BCUT2D eigenvalue weighted by molar-refractivity contribution is 7.26. The van der Waals surface area contributed by atoms with Crippen molar-refractivity contribution < 1.29 is 0 Å². The molecule has 2 aliphatic carbocycles. The molecule has 0 amide bonds. The van der Waals surface area contributed by atoms with Gasteiger partial charge in [-0.05, 0) is 68.1 Å². The fourth-order valence-corrected chi connectivity index (χ4v) is 8.72. The fraction of sp³-hybridized carbons (Fsp3) is 0.108.